The maximum atomic E-state index is 10.9. The highest BCUT2D eigenvalue weighted by atomic mass is 79.9. The summed E-state index contributed by atoms with van der Waals surface area (Å²) in [5, 5.41) is 8.96. The molecule has 1 aromatic carbocycles. The number of halogens is 1. The van der Waals surface area contributed by atoms with Crippen LogP contribution in [-0.4, -0.2) is 41.3 Å². The highest BCUT2D eigenvalue weighted by Gasteiger charge is 2.30. The normalized spacial score (nSPS) is 19.3. The lowest BCUT2D eigenvalue weighted by Gasteiger charge is -2.42. The fourth-order valence-corrected chi connectivity index (χ4v) is 2.70. The van der Waals surface area contributed by atoms with Gasteiger partial charge in [-0.1, -0.05) is 22.0 Å². The highest BCUT2D eigenvalue weighted by Crippen LogP contribution is 2.26. The van der Waals surface area contributed by atoms with E-state index < -0.39 is 5.97 Å². The van der Waals surface area contributed by atoms with Crippen molar-refractivity contribution in [2.75, 3.05) is 19.8 Å². The Kier molecular flexibility index (Phi) is 4.28. The molecule has 0 bridgehead atoms. The molecule has 1 aliphatic rings. The van der Waals surface area contributed by atoms with Crippen LogP contribution in [0.3, 0.4) is 0 Å². The van der Waals surface area contributed by atoms with Gasteiger partial charge in [0.15, 0.2) is 0 Å². The Morgan fingerprint density at radius 1 is 1.53 bits per heavy atom. The van der Waals surface area contributed by atoms with Gasteiger partial charge >= 0.3 is 5.97 Å². The average molecular weight is 328 g/mol. The monoisotopic (exact) mass is 327 g/mol. The Morgan fingerprint density at radius 2 is 2.26 bits per heavy atom. The zero-order valence-corrected chi connectivity index (χ0v) is 12.7. The molecular weight excluding hydrogens is 310 g/mol. The maximum Gasteiger partial charge on any atom is 0.335 e. The summed E-state index contributed by atoms with van der Waals surface area (Å²) in [6.45, 7) is 7.46. The molecule has 2 rings (SSSR count). The predicted octanol–water partition coefficient (Wildman–Crippen LogP) is 2.76. The van der Waals surface area contributed by atoms with E-state index in [-0.39, 0.29) is 5.54 Å². The van der Waals surface area contributed by atoms with Crippen LogP contribution in [0.1, 0.15) is 29.8 Å². The summed E-state index contributed by atoms with van der Waals surface area (Å²) in [6.07, 6.45) is 0. The molecule has 104 valence electrons. The topological polar surface area (TPSA) is 49.8 Å². The lowest BCUT2D eigenvalue weighted by molar-refractivity contribution is -0.0553. The number of carbonyl (C=O) groups is 1. The van der Waals surface area contributed by atoms with Crippen molar-refractivity contribution >= 4 is 21.9 Å². The van der Waals surface area contributed by atoms with Gasteiger partial charge in [-0.05, 0) is 31.5 Å². The second-order valence-electron chi connectivity index (χ2n) is 5.40. The van der Waals surface area contributed by atoms with E-state index in [0.29, 0.717) is 5.56 Å². The minimum Gasteiger partial charge on any atom is -0.478 e. The van der Waals surface area contributed by atoms with Gasteiger partial charge in [-0.3, -0.25) is 4.90 Å². The fourth-order valence-electron chi connectivity index (χ4n) is 2.20. The minimum atomic E-state index is -0.904. The number of hydrogen-bond acceptors (Lipinski definition) is 3. The second-order valence-corrected chi connectivity index (χ2v) is 6.25. The van der Waals surface area contributed by atoms with Crippen molar-refractivity contribution in [1.29, 1.82) is 0 Å². The molecule has 0 aromatic heterocycles. The molecule has 1 aliphatic heterocycles. The zero-order chi connectivity index (χ0) is 14.0. The van der Waals surface area contributed by atoms with Crippen LogP contribution in [0.2, 0.25) is 0 Å². The minimum absolute atomic E-state index is 0.00313. The van der Waals surface area contributed by atoms with E-state index in [4.69, 9.17) is 9.84 Å². The van der Waals surface area contributed by atoms with E-state index in [1.165, 1.54) is 0 Å². The van der Waals surface area contributed by atoms with Crippen LogP contribution in [0.25, 0.3) is 0 Å². The summed E-state index contributed by atoms with van der Waals surface area (Å²) < 4.78 is 6.34. The molecule has 0 amide bonds. The van der Waals surface area contributed by atoms with E-state index in [1.807, 2.05) is 6.07 Å². The first-order valence-electron chi connectivity index (χ1n) is 6.25. The summed E-state index contributed by atoms with van der Waals surface area (Å²) in [7, 11) is 0. The van der Waals surface area contributed by atoms with Crippen molar-refractivity contribution in [2.45, 2.75) is 25.9 Å². The number of aromatic carboxylic acids is 1. The molecule has 1 fully saturated rings. The Bertz CT molecular complexity index is 488. The number of benzene rings is 1. The molecule has 0 saturated carbocycles. The average Bonchev–Trinajstić information content (AvgIpc) is 2.33. The van der Waals surface area contributed by atoms with Gasteiger partial charge in [0.05, 0.1) is 18.8 Å². The standard InChI is InChI=1S/C14H18BrNO3/c1-14(2)9-19-6-5-16(14)8-11-4-3-10(13(17)18)7-12(11)15/h3-4,7H,5-6,8-9H2,1-2H3,(H,17,18). The van der Waals surface area contributed by atoms with Gasteiger partial charge < -0.3 is 9.84 Å². The van der Waals surface area contributed by atoms with Crippen molar-refractivity contribution in [3.63, 3.8) is 0 Å². The maximum absolute atomic E-state index is 10.9. The van der Waals surface area contributed by atoms with Crippen LogP contribution in [0, 0.1) is 0 Å². The molecule has 5 heteroatoms. The Morgan fingerprint density at radius 3 is 2.84 bits per heavy atom. The molecular formula is C14H18BrNO3. The summed E-state index contributed by atoms with van der Waals surface area (Å²) in [5.41, 5.74) is 1.40. The summed E-state index contributed by atoms with van der Waals surface area (Å²) in [6, 6.07) is 5.18. The smallest absolute Gasteiger partial charge is 0.335 e. The second kappa shape index (κ2) is 5.61. The largest absolute Gasteiger partial charge is 0.478 e. The number of nitrogens with zero attached hydrogens (tertiary/aromatic N) is 1. The Labute approximate surface area is 121 Å². The van der Waals surface area contributed by atoms with Crippen LogP contribution < -0.4 is 0 Å². The molecule has 4 nitrogen and oxygen atoms in total. The number of carboxylic acid groups (broad SMARTS) is 1. The third-order valence-electron chi connectivity index (χ3n) is 3.48. The number of carboxylic acids is 1. The van der Waals surface area contributed by atoms with Crippen molar-refractivity contribution in [1.82, 2.24) is 4.90 Å². The molecule has 0 spiro atoms. The van der Waals surface area contributed by atoms with Crippen molar-refractivity contribution < 1.29 is 14.6 Å². The van der Waals surface area contributed by atoms with Gasteiger partial charge in [-0.25, -0.2) is 4.79 Å². The van der Waals surface area contributed by atoms with E-state index >= 15 is 0 Å². The van der Waals surface area contributed by atoms with Gasteiger partial charge in [0, 0.05) is 23.1 Å². The lowest BCUT2D eigenvalue weighted by Crippen LogP contribution is -2.52. The molecule has 19 heavy (non-hydrogen) atoms. The summed E-state index contributed by atoms with van der Waals surface area (Å²) >= 11 is 3.46. The molecule has 0 radical (unpaired) electrons. The van der Waals surface area contributed by atoms with Crippen molar-refractivity contribution in [2.24, 2.45) is 0 Å². The van der Waals surface area contributed by atoms with Crippen molar-refractivity contribution in [3.8, 4) is 0 Å². The third-order valence-corrected chi connectivity index (χ3v) is 4.22. The number of hydrogen-bond donors (Lipinski definition) is 1. The first-order chi connectivity index (χ1) is 8.90. The van der Waals surface area contributed by atoms with Crippen molar-refractivity contribution in [3.05, 3.63) is 33.8 Å². The van der Waals surface area contributed by atoms with E-state index in [9.17, 15) is 4.79 Å². The van der Waals surface area contributed by atoms with Crippen LogP contribution >= 0.6 is 15.9 Å². The Hall–Kier alpha value is -0.910. The molecule has 0 atom stereocenters. The van der Waals surface area contributed by atoms with E-state index in [2.05, 4.69) is 34.7 Å². The number of rotatable bonds is 3. The SMILES string of the molecule is CC1(C)COCCN1Cc1ccc(C(=O)O)cc1Br. The lowest BCUT2D eigenvalue weighted by atomic mass is 10.0. The van der Waals surface area contributed by atoms with Crippen LogP contribution in [-0.2, 0) is 11.3 Å². The first kappa shape index (κ1) is 14.5. The third kappa shape index (κ3) is 3.35. The van der Waals surface area contributed by atoms with Gasteiger partial charge in [0.25, 0.3) is 0 Å². The number of ether oxygens (including phenoxy) is 1. The molecule has 1 N–H and O–H groups in total. The van der Waals surface area contributed by atoms with Gasteiger partial charge in [-0.2, -0.15) is 0 Å². The molecule has 0 unspecified atom stereocenters. The number of morpholine rings is 1. The summed E-state index contributed by atoms with van der Waals surface area (Å²) in [5.74, 6) is -0.904. The molecule has 1 heterocycles. The Balaban J connectivity index is 2.17. The van der Waals surface area contributed by atoms with Crippen LogP contribution in [0.4, 0.5) is 0 Å². The van der Waals surface area contributed by atoms with Gasteiger partial charge in [0.2, 0.25) is 0 Å². The van der Waals surface area contributed by atoms with E-state index in [0.717, 1.165) is 36.3 Å². The first-order valence-corrected chi connectivity index (χ1v) is 7.04. The molecule has 1 saturated heterocycles. The zero-order valence-electron chi connectivity index (χ0n) is 11.1. The van der Waals surface area contributed by atoms with E-state index in [1.54, 1.807) is 12.1 Å². The predicted molar refractivity (Wildman–Crippen MR) is 76.4 cm³/mol. The summed E-state index contributed by atoms with van der Waals surface area (Å²) in [4.78, 5) is 13.3. The molecule has 0 aliphatic carbocycles. The van der Waals surface area contributed by atoms with Crippen LogP contribution in [0.15, 0.2) is 22.7 Å². The quantitative estimate of drug-likeness (QED) is 0.927. The fraction of sp³-hybridized carbons (Fsp3) is 0.500. The van der Waals surface area contributed by atoms with Gasteiger partial charge in [-0.15, -0.1) is 0 Å². The van der Waals surface area contributed by atoms with Gasteiger partial charge in [0.1, 0.15) is 0 Å². The molecule has 1 aromatic rings. The highest BCUT2D eigenvalue weighted by molar-refractivity contribution is 9.10. The van der Waals surface area contributed by atoms with Crippen LogP contribution in [0.5, 0.6) is 0 Å².